The van der Waals surface area contributed by atoms with Crippen LogP contribution in [0, 0.1) is 11.6 Å². The molecule has 2 aliphatic rings. The highest BCUT2D eigenvalue weighted by molar-refractivity contribution is 5.85. The number of aryl methyl sites for hydroxylation is 1. The van der Waals surface area contributed by atoms with E-state index in [4.69, 9.17) is 5.11 Å². The number of likely N-dealkylation sites (tertiary alicyclic amines) is 1. The average molecular weight is 547 g/mol. The minimum Gasteiger partial charge on any atom is -0.394 e. The molecule has 1 fully saturated rings. The zero-order chi connectivity index (χ0) is 26.4. The van der Waals surface area contributed by atoms with Gasteiger partial charge in [-0.1, -0.05) is 29.8 Å². The summed E-state index contributed by atoms with van der Waals surface area (Å²) in [4.78, 5) is 14.9. The quantitative estimate of drug-likeness (QED) is 0.485. The monoisotopic (exact) mass is 546 g/mol. The molecular weight excluding hydrogens is 510 g/mol. The number of aliphatic hydroxyl groups excluding tert-OH is 1. The molecule has 0 atom stereocenters. The van der Waals surface area contributed by atoms with Crippen molar-refractivity contribution >= 4 is 18.0 Å². The molecule has 0 bridgehead atoms. The Hall–Kier alpha value is -2.81. The fourth-order valence-electron chi connectivity index (χ4n) is 4.93. The molecule has 0 unspecified atom stereocenters. The molecule has 3 heterocycles. The van der Waals surface area contributed by atoms with Gasteiger partial charge in [-0.3, -0.25) is 4.57 Å². The Morgan fingerprint density at radius 3 is 1.89 bits per heavy atom. The number of hydrogen-bond donors (Lipinski definition) is 1. The van der Waals surface area contributed by atoms with Crippen LogP contribution in [-0.4, -0.2) is 50.1 Å². The van der Waals surface area contributed by atoms with Crippen LogP contribution in [0.25, 0.3) is 5.57 Å². The molecule has 206 valence electrons. The van der Waals surface area contributed by atoms with Crippen molar-refractivity contribution in [1.82, 2.24) is 19.2 Å². The van der Waals surface area contributed by atoms with Crippen molar-refractivity contribution in [3.63, 3.8) is 0 Å². The van der Waals surface area contributed by atoms with Crippen LogP contribution in [0.1, 0.15) is 56.5 Å². The van der Waals surface area contributed by atoms with Gasteiger partial charge in [0.25, 0.3) is 0 Å². The van der Waals surface area contributed by atoms with Crippen LogP contribution >= 0.6 is 12.4 Å². The maximum Gasteiger partial charge on any atom is 0.345 e. The van der Waals surface area contributed by atoms with E-state index in [1.165, 1.54) is 29.8 Å². The zero-order valence-corrected chi connectivity index (χ0v) is 22.9. The highest BCUT2D eigenvalue weighted by atomic mass is 35.5. The van der Waals surface area contributed by atoms with E-state index in [9.17, 15) is 13.6 Å². The second-order valence-corrected chi connectivity index (χ2v) is 9.96. The highest BCUT2D eigenvalue weighted by Crippen LogP contribution is 2.32. The topological polar surface area (TPSA) is 63.3 Å². The molecule has 0 amide bonds. The minimum atomic E-state index is -0.270. The Morgan fingerprint density at radius 2 is 1.39 bits per heavy atom. The number of benzene rings is 2. The van der Waals surface area contributed by atoms with Crippen molar-refractivity contribution < 1.29 is 13.9 Å². The lowest BCUT2D eigenvalue weighted by Gasteiger charge is -2.30. The third kappa shape index (κ3) is 7.62. The van der Waals surface area contributed by atoms with Gasteiger partial charge < -0.3 is 10.0 Å². The Balaban J connectivity index is 0.000000749. The van der Waals surface area contributed by atoms with Crippen LogP contribution in [0.5, 0.6) is 0 Å². The highest BCUT2D eigenvalue weighted by Gasteiger charge is 2.21. The third-order valence-corrected chi connectivity index (χ3v) is 6.74. The van der Waals surface area contributed by atoms with E-state index in [1.807, 2.05) is 4.57 Å². The normalized spacial score (nSPS) is 15.4. The van der Waals surface area contributed by atoms with Crippen LogP contribution < -0.4 is 5.69 Å². The molecule has 38 heavy (non-hydrogen) atoms. The van der Waals surface area contributed by atoms with E-state index in [-0.39, 0.29) is 35.8 Å². The SMILES string of the molecule is CC(C)O.Cl.O=c1n(CCN2CCC(=C(c3ccc(F)cc3)c3ccc(F)cc3)CC2)nc2n1CCCC2. The summed E-state index contributed by atoms with van der Waals surface area (Å²) < 4.78 is 30.5. The molecule has 1 N–H and O–H groups in total. The molecule has 1 saturated heterocycles. The number of nitrogens with zero attached hydrogens (tertiary/aromatic N) is 4. The smallest absolute Gasteiger partial charge is 0.345 e. The number of piperidine rings is 1. The number of halogens is 3. The van der Waals surface area contributed by atoms with Gasteiger partial charge in [0.2, 0.25) is 0 Å². The van der Waals surface area contributed by atoms with Crippen molar-refractivity contribution in [2.24, 2.45) is 0 Å². The summed E-state index contributed by atoms with van der Waals surface area (Å²) in [5.41, 5.74) is 4.26. The lowest BCUT2D eigenvalue weighted by atomic mass is 9.88. The van der Waals surface area contributed by atoms with Gasteiger partial charge in [0, 0.05) is 38.7 Å². The molecule has 9 heteroatoms. The second-order valence-electron chi connectivity index (χ2n) is 9.96. The molecule has 6 nitrogen and oxygen atoms in total. The van der Waals surface area contributed by atoms with Crippen molar-refractivity contribution in [3.8, 4) is 0 Å². The first kappa shape index (κ1) is 29.7. The molecule has 0 radical (unpaired) electrons. The Kier molecular flexibility index (Phi) is 10.8. The van der Waals surface area contributed by atoms with Crippen LogP contribution in [0.3, 0.4) is 0 Å². The maximum atomic E-state index is 13.5. The molecule has 3 aromatic rings. The van der Waals surface area contributed by atoms with Crippen LogP contribution in [-0.2, 0) is 19.5 Å². The van der Waals surface area contributed by atoms with Gasteiger partial charge in [-0.2, -0.15) is 5.10 Å². The Labute approximate surface area is 229 Å². The van der Waals surface area contributed by atoms with E-state index in [0.717, 1.165) is 80.8 Å². The number of aliphatic hydroxyl groups is 1. The van der Waals surface area contributed by atoms with Crippen molar-refractivity contribution in [1.29, 1.82) is 0 Å². The first-order valence-electron chi connectivity index (χ1n) is 13.1. The van der Waals surface area contributed by atoms with E-state index in [0.29, 0.717) is 6.54 Å². The number of hydrogen-bond acceptors (Lipinski definition) is 4. The predicted molar refractivity (Wildman–Crippen MR) is 149 cm³/mol. The molecule has 1 aromatic heterocycles. The van der Waals surface area contributed by atoms with E-state index in [1.54, 1.807) is 42.8 Å². The Morgan fingerprint density at radius 1 is 0.868 bits per heavy atom. The van der Waals surface area contributed by atoms with Crippen LogP contribution in [0.2, 0.25) is 0 Å². The molecule has 0 spiro atoms. The maximum absolute atomic E-state index is 13.5. The fourth-order valence-corrected chi connectivity index (χ4v) is 4.93. The summed E-state index contributed by atoms with van der Waals surface area (Å²) in [7, 11) is 0. The zero-order valence-electron chi connectivity index (χ0n) is 22.1. The lowest BCUT2D eigenvalue weighted by Crippen LogP contribution is -2.36. The lowest BCUT2D eigenvalue weighted by molar-refractivity contribution is 0.216. The summed E-state index contributed by atoms with van der Waals surface area (Å²) in [6.07, 6.45) is 4.61. The van der Waals surface area contributed by atoms with E-state index >= 15 is 0 Å². The average Bonchev–Trinajstić information content (AvgIpc) is 3.21. The van der Waals surface area contributed by atoms with Crippen molar-refractivity contribution in [3.05, 3.63) is 93.2 Å². The van der Waals surface area contributed by atoms with Gasteiger partial charge in [0.15, 0.2) is 0 Å². The summed E-state index contributed by atoms with van der Waals surface area (Å²) in [5, 5.41) is 12.6. The summed E-state index contributed by atoms with van der Waals surface area (Å²) in [6.45, 7) is 7.36. The van der Waals surface area contributed by atoms with Crippen molar-refractivity contribution in [2.75, 3.05) is 19.6 Å². The van der Waals surface area contributed by atoms with Gasteiger partial charge in [-0.25, -0.2) is 18.3 Å². The first-order valence-corrected chi connectivity index (χ1v) is 13.1. The predicted octanol–water partition coefficient (Wildman–Crippen LogP) is 5.07. The van der Waals surface area contributed by atoms with Gasteiger partial charge in [-0.15, -0.1) is 12.4 Å². The summed E-state index contributed by atoms with van der Waals surface area (Å²) in [5.74, 6) is 0.375. The van der Waals surface area contributed by atoms with Crippen molar-refractivity contribution in [2.45, 2.75) is 65.1 Å². The molecule has 2 aliphatic heterocycles. The number of rotatable bonds is 5. The molecule has 2 aromatic carbocycles. The summed E-state index contributed by atoms with van der Waals surface area (Å²) in [6, 6.07) is 13.0. The number of aromatic nitrogens is 3. The van der Waals surface area contributed by atoms with Gasteiger partial charge in [0.1, 0.15) is 17.5 Å². The Bertz CT molecular complexity index is 1210. The molecule has 0 aliphatic carbocycles. The second kappa shape index (κ2) is 13.8. The van der Waals surface area contributed by atoms with Gasteiger partial charge >= 0.3 is 5.69 Å². The van der Waals surface area contributed by atoms with Gasteiger partial charge in [-0.05, 0) is 80.5 Å². The molecule has 5 rings (SSSR count). The third-order valence-electron chi connectivity index (χ3n) is 6.74. The molecule has 0 saturated carbocycles. The first-order chi connectivity index (χ1) is 17.8. The minimum absolute atomic E-state index is 0. The van der Waals surface area contributed by atoms with Crippen LogP contribution in [0.4, 0.5) is 8.78 Å². The summed E-state index contributed by atoms with van der Waals surface area (Å²) >= 11 is 0. The number of fused-ring (bicyclic) bond motifs is 1. The largest absolute Gasteiger partial charge is 0.394 e. The van der Waals surface area contributed by atoms with E-state index in [2.05, 4.69) is 10.00 Å². The van der Waals surface area contributed by atoms with E-state index < -0.39 is 0 Å². The van der Waals surface area contributed by atoms with Crippen LogP contribution in [0.15, 0.2) is 58.9 Å². The standard InChI is InChI=1S/C26H28F2N4O.C3H8O.ClH/c27-22-8-4-19(5-9-22)25(20-6-10-23(28)11-7-20)21-12-15-30(16-13-21)17-18-32-26(33)31-14-2-1-3-24(31)29-32;1-3(2)4;/h4-11H,1-3,12-18H2;3-4H,1-2H3;1H. The fraction of sp³-hybridized carbons (Fsp3) is 0.448. The molecular formula is C29H37ClF2N4O2. The van der Waals surface area contributed by atoms with Gasteiger partial charge in [0.05, 0.1) is 6.54 Å².